The average molecular weight is 449 g/mol. The second kappa shape index (κ2) is 7.58. The Bertz CT molecular complexity index is 1070. The number of aryl methyl sites for hydroxylation is 2. The van der Waals surface area contributed by atoms with Crippen molar-refractivity contribution in [2.75, 3.05) is 10.0 Å². The number of halogens is 1. The molecule has 2 N–H and O–H groups in total. The van der Waals surface area contributed by atoms with Crippen molar-refractivity contribution in [3.63, 3.8) is 0 Å². The molecule has 0 aliphatic rings. The third kappa shape index (κ3) is 4.40. The van der Waals surface area contributed by atoms with Crippen LogP contribution in [0.15, 0.2) is 68.6 Å². The molecule has 0 spiro atoms. The van der Waals surface area contributed by atoms with Gasteiger partial charge in [-0.1, -0.05) is 18.2 Å². The van der Waals surface area contributed by atoms with E-state index in [1.807, 2.05) is 32.0 Å². The third-order valence-electron chi connectivity index (χ3n) is 3.94. The van der Waals surface area contributed by atoms with E-state index in [-0.39, 0.29) is 10.7 Å². The first-order chi connectivity index (χ1) is 12.8. The average Bonchev–Trinajstić information content (AvgIpc) is 3.05. The Morgan fingerprint density at radius 3 is 2.15 bits per heavy atom. The number of rotatable bonds is 5. The molecule has 6 nitrogen and oxygen atoms in total. The quantitative estimate of drug-likeness (QED) is 0.591. The Kier molecular flexibility index (Phi) is 5.38. The number of sulfonamides is 1. The summed E-state index contributed by atoms with van der Waals surface area (Å²) in [7, 11) is -3.74. The molecular weight excluding hydrogens is 432 g/mol. The van der Waals surface area contributed by atoms with Gasteiger partial charge in [0.1, 0.15) is 0 Å². The first-order valence-corrected chi connectivity index (χ1v) is 10.3. The Labute approximate surface area is 165 Å². The fraction of sp³-hybridized carbons (Fsp3) is 0.105. The number of furan rings is 1. The lowest BCUT2D eigenvalue weighted by atomic mass is 10.1. The third-order valence-corrected chi connectivity index (χ3v) is 5.73. The van der Waals surface area contributed by atoms with Gasteiger partial charge in [0, 0.05) is 5.69 Å². The molecule has 0 atom stereocenters. The molecule has 140 valence electrons. The van der Waals surface area contributed by atoms with E-state index in [1.165, 1.54) is 30.3 Å². The molecule has 1 heterocycles. The highest BCUT2D eigenvalue weighted by Crippen LogP contribution is 2.24. The van der Waals surface area contributed by atoms with E-state index in [2.05, 4.69) is 26.0 Å². The predicted octanol–water partition coefficient (Wildman–Crippen LogP) is 4.71. The van der Waals surface area contributed by atoms with Gasteiger partial charge in [0.15, 0.2) is 10.4 Å². The van der Waals surface area contributed by atoms with E-state index in [0.29, 0.717) is 16.0 Å². The maximum atomic E-state index is 12.6. The number of para-hydroxylation sites is 1. The number of hydrogen-bond acceptors (Lipinski definition) is 4. The topological polar surface area (TPSA) is 88.4 Å². The standard InChI is InChI=1S/C19H17BrN2O4S/c1-12-4-3-5-13(2)18(12)22-27(24,25)15-8-6-14(7-9-15)21-19(23)16-10-11-17(20)26-16/h3-11,22H,1-2H3,(H,21,23). The molecule has 3 rings (SSSR count). The van der Waals surface area contributed by atoms with Crippen molar-refractivity contribution < 1.29 is 17.6 Å². The van der Waals surface area contributed by atoms with Crippen LogP contribution in [0.5, 0.6) is 0 Å². The summed E-state index contributed by atoms with van der Waals surface area (Å²) in [5, 5.41) is 2.65. The van der Waals surface area contributed by atoms with E-state index in [1.54, 1.807) is 6.07 Å². The zero-order valence-electron chi connectivity index (χ0n) is 14.6. The normalized spacial score (nSPS) is 11.2. The van der Waals surface area contributed by atoms with E-state index >= 15 is 0 Å². The lowest BCUT2D eigenvalue weighted by Gasteiger charge is -2.13. The fourth-order valence-electron chi connectivity index (χ4n) is 2.52. The zero-order chi connectivity index (χ0) is 19.6. The van der Waals surface area contributed by atoms with Crippen molar-refractivity contribution in [1.29, 1.82) is 0 Å². The van der Waals surface area contributed by atoms with Crippen molar-refractivity contribution in [3.05, 3.63) is 76.2 Å². The summed E-state index contributed by atoms with van der Waals surface area (Å²) < 4.78 is 33.5. The number of hydrogen-bond donors (Lipinski definition) is 2. The molecule has 27 heavy (non-hydrogen) atoms. The van der Waals surface area contributed by atoms with Crippen molar-refractivity contribution >= 4 is 43.2 Å². The lowest BCUT2D eigenvalue weighted by molar-refractivity contribution is 0.0995. The van der Waals surface area contributed by atoms with E-state index < -0.39 is 15.9 Å². The Hall–Kier alpha value is -2.58. The summed E-state index contributed by atoms with van der Waals surface area (Å²) in [4.78, 5) is 12.2. The molecule has 3 aromatic rings. The van der Waals surface area contributed by atoms with Crippen molar-refractivity contribution in [2.45, 2.75) is 18.7 Å². The molecule has 2 aromatic carbocycles. The van der Waals surface area contributed by atoms with E-state index in [4.69, 9.17) is 4.42 Å². The molecule has 0 fully saturated rings. The minimum Gasteiger partial charge on any atom is -0.444 e. The van der Waals surface area contributed by atoms with Gasteiger partial charge in [0.25, 0.3) is 15.9 Å². The molecule has 0 saturated heterocycles. The first kappa shape index (κ1) is 19.2. The number of nitrogens with one attached hydrogen (secondary N) is 2. The van der Waals surface area contributed by atoms with Gasteiger partial charge < -0.3 is 9.73 Å². The summed E-state index contributed by atoms with van der Waals surface area (Å²) in [5.74, 6) is -0.278. The summed E-state index contributed by atoms with van der Waals surface area (Å²) in [5.41, 5.74) is 2.70. The molecule has 1 amide bonds. The highest BCUT2D eigenvalue weighted by atomic mass is 79.9. The zero-order valence-corrected chi connectivity index (χ0v) is 17.0. The summed E-state index contributed by atoms with van der Waals surface area (Å²) in [6.45, 7) is 3.69. The minimum absolute atomic E-state index is 0.101. The highest BCUT2D eigenvalue weighted by Gasteiger charge is 2.17. The molecule has 0 bridgehead atoms. The minimum atomic E-state index is -3.74. The number of benzene rings is 2. The van der Waals surface area contributed by atoms with Crippen LogP contribution in [0, 0.1) is 13.8 Å². The fourth-order valence-corrected chi connectivity index (χ4v) is 4.02. The van der Waals surface area contributed by atoms with Gasteiger partial charge in [0.05, 0.1) is 10.6 Å². The second-order valence-electron chi connectivity index (χ2n) is 5.95. The largest absolute Gasteiger partial charge is 0.444 e. The van der Waals surface area contributed by atoms with Gasteiger partial charge in [-0.2, -0.15) is 0 Å². The second-order valence-corrected chi connectivity index (χ2v) is 8.42. The molecule has 0 radical (unpaired) electrons. The van der Waals surface area contributed by atoms with Crippen LogP contribution >= 0.6 is 15.9 Å². The summed E-state index contributed by atoms with van der Waals surface area (Å²) in [6.07, 6.45) is 0. The van der Waals surface area contributed by atoms with Crippen LogP contribution in [-0.2, 0) is 10.0 Å². The van der Waals surface area contributed by atoms with Gasteiger partial charge in [0.2, 0.25) is 0 Å². The van der Waals surface area contributed by atoms with Crippen LogP contribution < -0.4 is 10.0 Å². The summed E-state index contributed by atoms with van der Waals surface area (Å²) >= 11 is 3.13. The van der Waals surface area contributed by atoms with Crippen LogP contribution in [0.1, 0.15) is 21.7 Å². The Morgan fingerprint density at radius 1 is 0.963 bits per heavy atom. The Morgan fingerprint density at radius 2 is 1.59 bits per heavy atom. The molecular formula is C19H17BrN2O4S. The molecule has 0 unspecified atom stereocenters. The van der Waals surface area contributed by atoms with E-state index in [9.17, 15) is 13.2 Å². The smallest absolute Gasteiger partial charge is 0.291 e. The number of carbonyl (C=O) groups excluding carboxylic acids is 1. The summed E-state index contributed by atoms with van der Waals surface area (Å²) in [6, 6.07) is 14.6. The van der Waals surface area contributed by atoms with Crippen LogP contribution in [0.2, 0.25) is 0 Å². The highest BCUT2D eigenvalue weighted by molar-refractivity contribution is 9.10. The molecule has 0 aliphatic carbocycles. The maximum Gasteiger partial charge on any atom is 0.291 e. The van der Waals surface area contributed by atoms with Gasteiger partial charge in [-0.15, -0.1) is 0 Å². The lowest BCUT2D eigenvalue weighted by Crippen LogP contribution is -2.15. The maximum absolute atomic E-state index is 12.6. The number of amides is 1. The van der Waals surface area contributed by atoms with Gasteiger partial charge in [-0.25, -0.2) is 8.42 Å². The molecule has 0 saturated carbocycles. The Balaban J connectivity index is 1.77. The van der Waals surface area contributed by atoms with Crippen LogP contribution in [0.25, 0.3) is 0 Å². The van der Waals surface area contributed by atoms with Crippen molar-refractivity contribution in [1.82, 2.24) is 0 Å². The van der Waals surface area contributed by atoms with Gasteiger partial charge >= 0.3 is 0 Å². The van der Waals surface area contributed by atoms with Crippen molar-refractivity contribution in [2.24, 2.45) is 0 Å². The molecule has 1 aromatic heterocycles. The number of carbonyl (C=O) groups is 1. The number of anilines is 2. The predicted molar refractivity (Wildman–Crippen MR) is 108 cm³/mol. The molecule has 8 heteroatoms. The van der Waals surface area contributed by atoms with Crippen molar-refractivity contribution in [3.8, 4) is 0 Å². The van der Waals surface area contributed by atoms with E-state index in [0.717, 1.165) is 11.1 Å². The molecule has 0 aliphatic heterocycles. The SMILES string of the molecule is Cc1cccc(C)c1NS(=O)(=O)c1ccc(NC(=O)c2ccc(Br)o2)cc1. The monoisotopic (exact) mass is 448 g/mol. The van der Waals surface area contributed by atoms with Gasteiger partial charge in [-0.05, 0) is 77.3 Å². The first-order valence-electron chi connectivity index (χ1n) is 8.02. The van der Waals surface area contributed by atoms with Crippen LogP contribution in [-0.4, -0.2) is 14.3 Å². The van der Waals surface area contributed by atoms with Gasteiger partial charge in [-0.3, -0.25) is 9.52 Å². The van der Waals surface area contributed by atoms with Crippen LogP contribution in [0.4, 0.5) is 11.4 Å². The van der Waals surface area contributed by atoms with Crippen LogP contribution in [0.3, 0.4) is 0 Å².